The Hall–Kier alpha value is -1.79. The molecule has 1 atom stereocenters. The van der Waals surface area contributed by atoms with Crippen LogP contribution in [0.2, 0.25) is 5.02 Å². The summed E-state index contributed by atoms with van der Waals surface area (Å²) in [5.74, 6) is -1.02. The van der Waals surface area contributed by atoms with Gasteiger partial charge in [0, 0.05) is 18.8 Å². The van der Waals surface area contributed by atoms with E-state index in [1.165, 1.54) is 20.3 Å². The number of carbonyl (C=O) groups is 2. The minimum absolute atomic E-state index is 0.252. The van der Waals surface area contributed by atoms with Crippen LogP contribution in [0.4, 0.5) is 5.69 Å². The maximum atomic E-state index is 11.7. The van der Waals surface area contributed by atoms with Crippen LogP contribution in [0, 0.1) is 0 Å². The molecule has 0 aliphatic rings. The van der Waals surface area contributed by atoms with E-state index in [0.29, 0.717) is 23.1 Å². The van der Waals surface area contributed by atoms with Crippen molar-refractivity contribution < 1.29 is 19.1 Å². The highest BCUT2D eigenvalue weighted by Crippen LogP contribution is 2.27. The quantitative estimate of drug-likeness (QED) is 0.807. The molecule has 0 saturated carbocycles. The van der Waals surface area contributed by atoms with E-state index >= 15 is 0 Å². The SMILES string of the molecule is COC[C@H](C)NC(=O)C(=O)Nc1ccc(OC)c(Cl)c1. The van der Waals surface area contributed by atoms with Crippen molar-refractivity contribution in [1.29, 1.82) is 0 Å². The molecule has 110 valence electrons. The molecule has 20 heavy (non-hydrogen) atoms. The summed E-state index contributed by atoms with van der Waals surface area (Å²) in [6.07, 6.45) is 0. The molecule has 0 unspecified atom stereocenters. The third-order valence-corrected chi connectivity index (χ3v) is 2.71. The highest BCUT2D eigenvalue weighted by Gasteiger charge is 2.16. The number of amides is 2. The van der Waals surface area contributed by atoms with Crippen molar-refractivity contribution in [3.8, 4) is 5.75 Å². The first-order chi connectivity index (χ1) is 9.47. The van der Waals surface area contributed by atoms with Crippen molar-refractivity contribution in [1.82, 2.24) is 5.32 Å². The van der Waals surface area contributed by atoms with Gasteiger partial charge in [-0.15, -0.1) is 0 Å². The van der Waals surface area contributed by atoms with Gasteiger partial charge in [-0.25, -0.2) is 0 Å². The number of halogens is 1. The van der Waals surface area contributed by atoms with Crippen molar-refractivity contribution in [2.45, 2.75) is 13.0 Å². The van der Waals surface area contributed by atoms with Gasteiger partial charge >= 0.3 is 11.8 Å². The van der Waals surface area contributed by atoms with E-state index in [9.17, 15) is 9.59 Å². The summed E-state index contributed by atoms with van der Waals surface area (Å²) in [4.78, 5) is 23.3. The molecule has 1 rings (SSSR count). The van der Waals surface area contributed by atoms with Gasteiger partial charge in [0.25, 0.3) is 0 Å². The third-order valence-electron chi connectivity index (χ3n) is 2.41. The van der Waals surface area contributed by atoms with Gasteiger partial charge in [0.2, 0.25) is 0 Å². The molecule has 6 nitrogen and oxygen atoms in total. The fourth-order valence-electron chi connectivity index (χ4n) is 1.51. The Kier molecular flexibility index (Phi) is 6.27. The number of carbonyl (C=O) groups excluding carboxylic acids is 2. The number of hydrogen-bond acceptors (Lipinski definition) is 4. The number of anilines is 1. The molecule has 0 aliphatic carbocycles. The zero-order chi connectivity index (χ0) is 15.1. The van der Waals surface area contributed by atoms with Crippen molar-refractivity contribution in [3.05, 3.63) is 23.2 Å². The van der Waals surface area contributed by atoms with Crippen LogP contribution in [-0.2, 0) is 14.3 Å². The Morgan fingerprint density at radius 2 is 2.00 bits per heavy atom. The Labute approximate surface area is 122 Å². The van der Waals surface area contributed by atoms with Crippen molar-refractivity contribution in [2.75, 3.05) is 26.1 Å². The second-order valence-corrected chi connectivity index (χ2v) is 4.54. The largest absolute Gasteiger partial charge is 0.495 e. The minimum Gasteiger partial charge on any atom is -0.495 e. The zero-order valence-electron chi connectivity index (χ0n) is 11.5. The molecule has 1 aromatic carbocycles. The monoisotopic (exact) mass is 300 g/mol. The van der Waals surface area contributed by atoms with Crippen molar-refractivity contribution in [3.63, 3.8) is 0 Å². The van der Waals surface area contributed by atoms with Crippen LogP contribution in [0.5, 0.6) is 5.75 Å². The molecule has 2 amide bonds. The second-order valence-electron chi connectivity index (χ2n) is 4.13. The lowest BCUT2D eigenvalue weighted by Crippen LogP contribution is -2.42. The van der Waals surface area contributed by atoms with E-state index in [2.05, 4.69) is 10.6 Å². The number of hydrogen-bond donors (Lipinski definition) is 2. The first kappa shape index (κ1) is 16.3. The summed E-state index contributed by atoms with van der Waals surface area (Å²) in [5, 5.41) is 5.30. The number of rotatable bonds is 5. The van der Waals surface area contributed by atoms with Gasteiger partial charge in [-0.3, -0.25) is 9.59 Å². The highest BCUT2D eigenvalue weighted by atomic mass is 35.5. The van der Waals surface area contributed by atoms with Crippen LogP contribution in [0.1, 0.15) is 6.92 Å². The van der Waals surface area contributed by atoms with Crippen LogP contribution in [0.15, 0.2) is 18.2 Å². The smallest absolute Gasteiger partial charge is 0.313 e. The third kappa shape index (κ3) is 4.71. The molecule has 0 bridgehead atoms. The topological polar surface area (TPSA) is 76.7 Å². The van der Waals surface area contributed by atoms with Crippen LogP contribution >= 0.6 is 11.6 Å². The Morgan fingerprint density at radius 1 is 1.30 bits per heavy atom. The standard InChI is InChI=1S/C13H17ClN2O4/c1-8(7-19-2)15-12(17)13(18)16-9-4-5-11(20-3)10(14)6-9/h4-6,8H,7H2,1-3H3,(H,15,17)(H,16,18)/t8-/m0/s1. The second kappa shape index (κ2) is 7.72. The molecular formula is C13H17ClN2O4. The Balaban J connectivity index is 2.61. The minimum atomic E-state index is -0.769. The summed E-state index contributed by atoms with van der Waals surface area (Å²) >= 11 is 5.92. The van der Waals surface area contributed by atoms with Gasteiger partial charge in [0.05, 0.1) is 18.7 Å². The van der Waals surface area contributed by atoms with Crippen LogP contribution in [-0.4, -0.2) is 38.7 Å². The average Bonchev–Trinajstić information content (AvgIpc) is 2.39. The van der Waals surface area contributed by atoms with E-state index in [0.717, 1.165) is 0 Å². The van der Waals surface area contributed by atoms with Crippen molar-refractivity contribution >= 4 is 29.1 Å². The average molecular weight is 301 g/mol. The van der Waals surface area contributed by atoms with E-state index in [1.807, 2.05) is 0 Å². The van der Waals surface area contributed by atoms with E-state index < -0.39 is 11.8 Å². The van der Waals surface area contributed by atoms with Gasteiger partial charge in [-0.05, 0) is 25.1 Å². The summed E-state index contributed by atoms with van der Waals surface area (Å²) in [7, 11) is 3.01. The number of benzene rings is 1. The van der Waals surface area contributed by atoms with Gasteiger partial charge < -0.3 is 20.1 Å². The Bertz CT molecular complexity index is 493. The molecule has 7 heteroatoms. The van der Waals surface area contributed by atoms with Gasteiger partial charge in [-0.1, -0.05) is 11.6 Å². The van der Waals surface area contributed by atoms with Gasteiger partial charge in [-0.2, -0.15) is 0 Å². The Morgan fingerprint density at radius 3 is 2.55 bits per heavy atom. The molecule has 0 radical (unpaired) electrons. The van der Waals surface area contributed by atoms with E-state index in [4.69, 9.17) is 21.1 Å². The van der Waals surface area contributed by atoms with Crippen LogP contribution in [0.25, 0.3) is 0 Å². The fourth-order valence-corrected chi connectivity index (χ4v) is 1.77. The predicted octanol–water partition coefficient (Wildman–Crippen LogP) is 1.44. The molecule has 1 aromatic rings. The maximum Gasteiger partial charge on any atom is 0.313 e. The van der Waals surface area contributed by atoms with Crippen molar-refractivity contribution in [2.24, 2.45) is 0 Å². The summed E-state index contributed by atoms with van der Waals surface area (Å²) < 4.78 is 9.86. The van der Waals surface area contributed by atoms with Crippen LogP contribution < -0.4 is 15.4 Å². The van der Waals surface area contributed by atoms with Crippen LogP contribution in [0.3, 0.4) is 0 Å². The normalized spacial score (nSPS) is 11.6. The summed E-state index contributed by atoms with van der Waals surface area (Å²) in [6.45, 7) is 2.06. The van der Waals surface area contributed by atoms with E-state index in [-0.39, 0.29) is 6.04 Å². The first-order valence-electron chi connectivity index (χ1n) is 5.92. The lowest BCUT2D eigenvalue weighted by Gasteiger charge is -2.12. The van der Waals surface area contributed by atoms with E-state index in [1.54, 1.807) is 19.1 Å². The molecule has 0 fully saturated rings. The van der Waals surface area contributed by atoms with Gasteiger partial charge in [0.1, 0.15) is 5.75 Å². The molecule has 0 heterocycles. The lowest BCUT2D eigenvalue weighted by molar-refractivity contribution is -0.136. The highest BCUT2D eigenvalue weighted by molar-refractivity contribution is 6.40. The molecule has 2 N–H and O–H groups in total. The summed E-state index contributed by atoms with van der Waals surface area (Å²) in [6, 6.07) is 4.44. The first-order valence-corrected chi connectivity index (χ1v) is 6.30. The lowest BCUT2D eigenvalue weighted by atomic mass is 10.3. The molecule has 0 spiro atoms. The fraction of sp³-hybridized carbons (Fsp3) is 0.385. The molecular weight excluding hydrogens is 284 g/mol. The number of nitrogens with one attached hydrogen (secondary N) is 2. The molecule has 0 aliphatic heterocycles. The number of methoxy groups -OCH3 is 2. The van der Waals surface area contributed by atoms with Gasteiger partial charge in [0.15, 0.2) is 0 Å². The summed E-state index contributed by atoms with van der Waals surface area (Å²) in [5.41, 5.74) is 0.412. The number of ether oxygens (including phenoxy) is 2. The molecule has 0 saturated heterocycles. The predicted molar refractivity (Wildman–Crippen MR) is 76.1 cm³/mol. The molecule has 0 aromatic heterocycles. The maximum absolute atomic E-state index is 11.7. The zero-order valence-corrected chi connectivity index (χ0v) is 12.3.